The zero-order valence-electron chi connectivity index (χ0n) is 9.23. The monoisotopic (exact) mass is 265 g/mol. The maximum atomic E-state index is 12.6. The Morgan fingerprint density at radius 1 is 1.41 bits per heavy atom. The van der Waals surface area contributed by atoms with Gasteiger partial charge in [-0.25, -0.2) is 0 Å². The molecule has 0 spiro atoms. The van der Waals surface area contributed by atoms with Crippen molar-refractivity contribution in [1.29, 1.82) is 0 Å². The Labute approximate surface area is 102 Å². The van der Waals surface area contributed by atoms with E-state index in [-0.39, 0.29) is 17.2 Å². The molecule has 0 aromatic heterocycles. The van der Waals surface area contributed by atoms with Crippen molar-refractivity contribution in [2.75, 3.05) is 7.05 Å². The van der Waals surface area contributed by atoms with Crippen molar-refractivity contribution >= 4 is 17.9 Å². The van der Waals surface area contributed by atoms with Crippen LogP contribution in [0.4, 0.5) is 13.2 Å². The topological polar surface area (TPSA) is 29.1 Å². The number of aldehydes is 1. The minimum atomic E-state index is -4.53. The number of alkyl halides is 3. The Kier molecular flexibility index (Phi) is 4.16. The first-order chi connectivity index (χ1) is 7.81. The number of carbonyl (C=O) groups is 1. The lowest BCUT2D eigenvalue weighted by Crippen LogP contribution is -2.16. The minimum Gasteiger partial charge on any atom is -0.313 e. The summed E-state index contributed by atoms with van der Waals surface area (Å²) < 4.78 is 37.9. The zero-order valence-corrected chi connectivity index (χ0v) is 9.99. The van der Waals surface area contributed by atoms with Crippen LogP contribution in [0.15, 0.2) is 12.1 Å². The van der Waals surface area contributed by atoms with Crippen molar-refractivity contribution < 1.29 is 18.0 Å². The molecular weight excluding hydrogens is 255 g/mol. The van der Waals surface area contributed by atoms with Crippen molar-refractivity contribution in [3.8, 4) is 0 Å². The minimum absolute atomic E-state index is 0.157. The molecule has 6 heteroatoms. The molecule has 0 radical (unpaired) electrons. The Hall–Kier alpha value is -1.07. The smallest absolute Gasteiger partial charge is 0.313 e. The molecule has 1 unspecified atom stereocenters. The summed E-state index contributed by atoms with van der Waals surface area (Å²) in [5, 5.41) is 2.32. The summed E-state index contributed by atoms with van der Waals surface area (Å²) in [6.07, 6.45) is -4.03. The number of nitrogens with one attached hydrogen (secondary N) is 1. The fourth-order valence-corrected chi connectivity index (χ4v) is 1.73. The maximum absolute atomic E-state index is 12.6. The zero-order chi connectivity index (χ0) is 13.2. The van der Waals surface area contributed by atoms with Crippen LogP contribution in [-0.2, 0) is 6.18 Å². The van der Waals surface area contributed by atoms with Crippen LogP contribution in [0, 0.1) is 0 Å². The molecule has 0 fully saturated rings. The van der Waals surface area contributed by atoms with Crippen LogP contribution in [-0.4, -0.2) is 13.3 Å². The predicted molar refractivity (Wildman–Crippen MR) is 59.3 cm³/mol. The molecule has 0 saturated heterocycles. The van der Waals surface area contributed by atoms with Crippen molar-refractivity contribution in [1.82, 2.24) is 5.32 Å². The van der Waals surface area contributed by atoms with E-state index in [1.54, 1.807) is 14.0 Å². The SMILES string of the molecule is CNC(C)c1cc(C(F)(F)F)c(Cl)cc1C=O. The van der Waals surface area contributed by atoms with Gasteiger partial charge in [-0.1, -0.05) is 11.6 Å². The highest BCUT2D eigenvalue weighted by Gasteiger charge is 2.34. The second-order valence-corrected chi connectivity index (χ2v) is 3.99. The highest BCUT2D eigenvalue weighted by molar-refractivity contribution is 6.31. The molecule has 0 aliphatic carbocycles. The molecular formula is C11H11ClF3NO. The molecule has 0 aliphatic heterocycles. The van der Waals surface area contributed by atoms with Crippen molar-refractivity contribution in [3.05, 3.63) is 33.8 Å². The van der Waals surface area contributed by atoms with Gasteiger partial charge in [-0.2, -0.15) is 13.2 Å². The second-order valence-electron chi connectivity index (χ2n) is 3.59. The summed E-state index contributed by atoms with van der Waals surface area (Å²) in [5.74, 6) is 0. The molecule has 17 heavy (non-hydrogen) atoms. The standard InChI is InChI=1S/C11H11ClF3NO/c1-6(16-2)8-4-9(11(13,14)15)10(12)3-7(8)5-17/h3-6,16H,1-2H3. The summed E-state index contributed by atoms with van der Waals surface area (Å²) in [6.45, 7) is 1.66. The molecule has 1 aromatic carbocycles. The number of rotatable bonds is 3. The lowest BCUT2D eigenvalue weighted by Gasteiger charge is -2.17. The molecule has 1 atom stereocenters. The van der Waals surface area contributed by atoms with Gasteiger partial charge in [-0.15, -0.1) is 0 Å². The highest BCUT2D eigenvalue weighted by Crippen LogP contribution is 2.37. The highest BCUT2D eigenvalue weighted by atomic mass is 35.5. The van der Waals surface area contributed by atoms with E-state index in [0.29, 0.717) is 6.29 Å². The molecule has 0 saturated carbocycles. The Morgan fingerprint density at radius 2 is 2.00 bits per heavy atom. The van der Waals surface area contributed by atoms with Crippen molar-refractivity contribution in [3.63, 3.8) is 0 Å². The summed E-state index contributed by atoms with van der Waals surface area (Å²) in [5.41, 5.74) is -0.494. The summed E-state index contributed by atoms with van der Waals surface area (Å²) >= 11 is 5.51. The quantitative estimate of drug-likeness (QED) is 0.848. The van der Waals surface area contributed by atoms with Gasteiger partial charge >= 0.3 is 6.18 Å². The number of hydrogen-bond donors (Lipinski definition) is 1. The van der Waals surface area contributed by atoms with E-state index in [0.717, 1.165) is 12.1 Å². The van der Waals surface area contributed by atoms with E-state index in [4.69, 9.17) is 11.6 Å². The Bertz CT molecular complexity index is 431. The second kappa shape index (κ2) is 5.06. The summed E-state index contributed by atoms with van der Waals surface area (Å²) in [6, 6.07) is 1.59. The van der Waals surface area contributed by atoms with Crippen molar-refractivity contribution in [2.24, 2.45) is 0 Å². The summed E-state index contributed by atoms with van der Waals surface area (Å²) in [7, 11) is 1.60. The molecule has 0 amide bonds. The lowest BCUT2D eigenvalue weighted by atomic mass is 9.99. The summed E-state index contributed by atoms with van der Waals surface area (Å²) in [4.78, 5) is 10.8. The van der Waals surface area contributed by atoms with Crippen LogP contribution in [0.3, 0.4) is 0 Å². The van der Waals surface area contributed by atoms with E-state index in [9.17, 15) is 18.0 Å². The largest absolute Gasteiger partial charge is 0.417 e. The van der Waals surface area contributed by atoms with Crippen molar-refractivity contribution in [2.45, 2.75) is 19.1 Å². The average molecular weight is 266 g/mol. The van der Waals surface area contributed by atoms with Crippen LogP contribution in [0.25, 0.3) is 0 Å². The van der Waals surface area contributed by atoms with Crippen LogP contribution < -0.4 is 5.32 Å². The first-order valence-corrected chi connectivity index (χ1v) is 5.22. The van der Waals surface area contributed by atoms with Crippen LogP contribution in [0.5, 0.6) is 0 Å². The molecule has 1 N–H and O–H groups in total. The normalized spacial score (nSPS) is 13.5. The van der Waals surface area contributed by atoms with E-state index in [1.807, 2.05) is 0 Å². The number of carbonyl (C=O) groups excluding carboxylic acids is 1. The van der Waals surface area contributed by atoms with E-state index < -0.39 is 16.8 Å². The van der Waals surface area contributed by atoms with Crippen LogP contribution in [0.2, 0.25) is 5.02 Å². The van der Waals surface area contributed by atoms with Gasteiger partial charge in [-0.05, 0) is 31.7 Å². The lowest BCUT2D eigenvalue weighted by molar-refractivity contribution is -0.137. The Balaban J connectivity index is 3.43. The first-order valence-electron chi connectivity index (χ1n) is 4.84. The molecule has 0 bridgehead atoms. The molecule has 0 aliphatic rings. The van der Waals surface area contributed by atoms with Gasteiger partial charge in [0.05, 0.1) is 10.6 Å². The van der Waals surface area contributed by atoms with Gasteiger partial charge in [0, 0.05) is 11.6 Å². The molecule has 2 nitrogen and oxygen atoms in total. The van der Waals surface area contributed by atoms with E-state index >= 15 is 0 Å². The van der Waals surface area contributed by atoms with Gasteiger partial charge < -0.3 is 5.32 Å². The van der Waals surface area contributed by atoms with Gasteiger partial charge in [-0.3, -0.25) is 4.79 Å². The number of halogens is 4. The molecule has 0 heterocycles. The predicted octanol–water partition coefficient (Wildman–Crippen LogP) is 3.45. The fraction of sp³-hybridized carbons (Fsp3) is 0.364. The number of benzene rings is 1. The molecule has 1 rings (SSSR count). The Morgan fingerprint density at radius 3 is 2.41 bits per heavy atom. The third kappa shape index (κ3) is 2.98. The van der Waals surface area contributed by atoms with Gasteiger partial charge in [0.15, 0.2) is 0 Å². The average Bonchev–Trinajstić information content (AvgIpc) is 2.25. The third-order valence-corrected chi connectivity index (χ3v) is 2.82. The van der Waals surface area contributed by atoms with Crippen LogP contribution >= 0.6 is 11.6 Å². The first kappa shape index (κ1) is 14.0. The van der Waals surface area contributed by atoms with Crippen LogP contribution in [0.1, 0.15) is 34.5 Å². The maximum Gasteiger partial charge on any atom is 0.417 e. The van der Waals surface area contributed by atoms with Gasteiger partial charge in [0.1, 0.15) is 6.29 Å². The van der Waals surface area contributed by atoms with Gasteiger partial charge in [0.2, 0.25) is 0 Å². The van der Waals surface area contributed by atoms with Gasteiger partial charge in [0.25, 0.3) is 0 Å². The van der Waals surface area contributed by atoms with E-state index in [1.165, 1.54) is 0 Å². The number of hydrogen-bond acceptors (Lipinski definition) is 2. The third-order valence-electron chi connectivity index (χ3n) is 2.50. The molecule has 94 valence electrons. The molecule has 1 aromatic rings. The fourth-order valence-electron chi connectivity index (χ4n) is 1.46. The van der Waals surface area contributed by atoms with E-state index in [2.05, 4.69) is 5.32 Å².